The van der Waals surface area contributed by atoms with Crippen LogP contribution in [0.1, 0.15) is 58.9 Å². The molecule has 1 N–H and O–H groups in total. The predicted octanol–water partition coefficient (Wildman–Crippen LogP) is 3.38. The van der Waals surface area contributed by atoms with Gasteiger partial charge in [-0.25, -0.2) is 0 Å². The largest absolute Gasteiger partial charge is 0.342 e. The minimum atomic E-state index is -0.442. The summed E-state index contributed by atoms with van der Waals surface area (Å²) in [4.78, 5) is 18.4. The summed E-state index contributed by atoms with van der Waals surface area (Å²) in [5.74, 6) is 0.222. The second-order valence-electron chi connectivity index (χ2n) is 8.50. The third-order valence-corrected chi connectivity index (χ3v) is 6.41. The molecule has 26 heavy (non-hydrogen) atoms. The first-order valence-corrected chi connectivity index (χ1v) is 10.3. The maximum absolute atomic E-state index is 13.4. The van der Waals surface area contributed by atoms with Crippen LogP contribution in [0.4, 0.5) is 0 Å². The Kier molecular flexibility index (Phi) is 6.03. The van der Waals surface area contributed by atoms with Gasteiger partial charge in [0, 0.05) is 31.2 Å². The van der Waals surface area contributed by atoms with Crippen molar-refractivity contribution in [3.8, 4) is 0 Å². The van der Waals surface area contributed by atoms with E-state index in [1.54, 1.807) is 0 Å². The second-order valence-corrected chi connectivity index (χ2v) is 8.50. The maximum atomic E-state index is 13.4. The monoisotopic (exact) mass is 357 g/mol. The highest BCUT2D eigenvalue weighted by molar-refractivity contribution is 5.90. The zero-order valence-corrected chi connectivity index (χ0v) is 16.9. The fourth-order valence-electron chi connectivity index (χ4n) is 5.12. The summed E-state index contributed by atoms with van der Waals surface area (Å²) < 4.78 is 0. The van der Waals surface area contributed by atoms with E-state index >= 15 is 0 Å². The second kappa shape index (κ2) is 8.10. The van der Waals surface area contributed by atoms with Gasteiger partial charge in [-0.05, 0) is 52.5 Å². The van der Waals surface area contributed by atoms with Gasteiger partial charge >= 0.3 is 0 Å². The number of piperidine rings is 1. The SMILES string of the molecule is CC(C)N(CCC1(c2ccccc2)C(=O)NCN2CCCCC21)C(C)C. The predicted molar refractivity (Wildman–Crippen MR) is 107 cm³/mol. The van der Waals surface area contributed by atoms with Crippen molar-refractivity contribution in [2.24, 2.45) is 0 Å². The Balaban J connectivity index is 1.98. The van der Waals surface area contributed by atoms with Crippen LogP contribution in [0.3, 0.4) is 0 Å². The van der Waals surface area contributed by atoms with Crippen molar-refractivity contribution in [3.63, 3.8) is 0 Å². The Labute approximate surface area is 158 Å². The quantitative estimate of drug-likeness (QED) is 0.848. The van der Waals surface area contributed by atoms with Crippen LogP contribution in [0.5, 0.6) is 0 Å². The number of carbonyl (C=O) groups excluding carboxylic acids is 1. The molecule has 2 saturated heterocycles. The van der Waals surface area contributed by atoms with Gasteiger partial charge in [-0.3, -0.25) is 14.6 Å². The summed E-state index contributed by atoms with van der Waals surface area (Å²) >= 11 is 0. The van der Waals surface area contributed by atoms with E-state index in [9.17, 15) is 4.79 Å². The van der Waals surface area contributed by atoms with E-state index in [0.29, 0.717) is 24.8 Å². The highest BCUT2D eigenvalue weighted by atomic mass is 16.2. The van der Waals surface area contributed by atoms with Crippen molar-refractivity contribution in [3.05, 3.63) is 35.9 Å². The Morgan fingerprint density at radius 3 is 2.50 bits per heavy atom. The molecule has 2 fully saturated rings. The van der Waals surface area contributed by atoms with Gasteiger partial charge < -0.3 is 5.32 Å². The van der Waals surface area contributed by atoms with E-state index in [1.165, 1.54) is 18.4 Å². The van der Waals surface area contributed by atoms with Crippen molar-refractivity contribution in [2.75, 3.05) is 19.8 Å². The smallest absolute Gasteiger partial charge is 0.233 e. The summed E-state index contributed by atoms with van der Waals surface area (Å²) in [6, 6.07) is 11.8. The van der Waals surface area contributed by atoms with E-state index in [0.717, 1.165) is 25.9 Å². The normalized spacial score (nSPS) is 27.0. The average molecular weight is 358 g/mol. The fourth-order valence-corrected chi connectivity index (χ4v) is 5.12. The Morgan fingerprint density at radius 2 is 1.85 bits per heavy atom. The van der Waals surface area contributed by atoms with E-state index in [1.807, 2.05) is 6.07 Å². The molecule has 2 aliphatic heterocycles. The molecule has 2 heterocycles. The summed E-state index contributed by atoms with van der Waals surface area (Å²) in [6.07, 6.45) is 4.45. The third-order valence-electron chi connectivity index (χ3n) is 6.41. The molecule has 4 nitrogen and oxygen atoms in total. The minimum absolute atomic E-state index is 0.222. The zero-order chi connectivity index (χ0) is 18.7. The zero-order valence-electron chi connectivity index (χ0n) is 16.9. The minimum Gasteiger partial charge on any atom is -0.342 e. The molecule has 0 bridgehead atoms. The van der Waals surface area contributed by atoms with Crippen molar-refractivity contribution < 1.29 is 4.79 Å². The number of nitrogens with zero attached hydrogens (tertiary/aromatic N) is 2. The molecular weight excluding hydrogens is 322 g/mol. The first kappa shape index (κ1) is 19.4. The number of amides is 1. The molecule has 2 aliphatic rings. The van der Waals surface area contributed by atoms with E-state index in [-0.39, 0.29) is 5.91 Å². The van der Waals surface area contributed by atoms with Gasteiger partial charge in [0.05, 0.1) is 12.1 Å². The molecular formula is C22H35N3O. The lowest BCUT2D eigenvalue weighted by atomic mass is 9.66. The Bertz CT molecular complexity index is 593. The number of rotatable bonds is 6. The summed E-state index contributed by atoms with van der Waals surface area (Å²) in [6.45, 7) is 11.8. The molecule has 1 aromatic carbocycles. The number of hydrogen-bond donors (Lipinski definition) is 1. The molecule has 3 rings (SSSR count). The molecule has 0 radical (unpaired) electrons. The van der Waals surface area contributed by atoms with Gasteiger partial charge in [0.2, 0.25) is 5.91 Å². The lowest BCUT2D eigenvalue weighted by Gasteiger charge is -2.52. The number of hydrogen-bond acceptors (Lipinski definition) is 3. The van der Waals surface area contributed by atoms with Crippen LogP contribution in [0.2, 0.25) is 0 Å². The maximum Gasteiger partial charge on any atom is 0.233 e. The van der Waals surface area contributed by atoms with Gasteiger partial charge in [-0.2, -0.15) is 0 Å². The van der Waals surface area contributed by atoms with Crippen molar-refractivity contribution in [2.45, 2.75) is 76.9 Å². The molecule has 144 valence electrons. The van der Waals surface area contributed by atoms with Gasteiger partial charge in [-0.1, -0.05) is 36.8 Å². The van der Waals surface area contributed by atoms with Gasteiger partial charge in [0.1, 0.15) is 0 Å². The van der Waals surface area contributed by atoms with Crippen LogP contribution in [-0.4, -0.2) is 53.6 Å². The molecule has 2 unspecified atom stereocenters. The van der Waals surface area contributed by atoms with Gasteiger partial charge in [-0.15, -0.1) is 0 Å². The summed E-state index contributed by atoms with van der Waals surface area (Å²) in [5.41, 5.74) is 0.740. The molecule has 1 aromatic rings. The topological polar surface area (TPSA) is 35.6 Å². The lowest BCUT2D eigenvalue weighted by Crippen LogP contribution is -2.67. The number of nitrogens with one attached hydrogen (secondary N) is 1. The molecule has 0 aromatic heterocycles. The lowest BCUT2D eigenvalue weighted by molar-refractivity contribution is -0.137. The fraction of sp³-hybridized carbons (Fsp3) is 0.682. The van der Waals surface area contributed by atoms with Gasteiger partial charge in [0.15, 0.2) is 0 Å². The van der Waals surface area contributed by atoms with E-state index < -0.39 is 5.41 Å². The van der Waals surface area contributed by atoms with E-state index in [2.05, 4.69) is 67.1 Å². The standard InChI is InChI=1S/C22H35N3O/c1-17(2)25(18(3)4)15-13-22(19-10-6-5-7-11-19)20-12-8-9-14-24(20)16-23-21(22)26/h5-7,10-11,17-18,20H,8-9,12-16H2,1-4H3,(H,23,26). The first-order chi connectivity index (χ1) is 12.5. The summed E-state index contributed by atoms with van der Waals surface area (Å²) in [5, 5.41) is 3.22. The molecule has 1 amide bonds. The average Bonchev–Trinajstić information content (AvgIpc) is 2.64. The van der Waals surface area contributed by atoms with Crippen LogP contribution < -0.4 is 5.32 Å². The third kappa shape index (κ3) is 3.54. The van der Waals surface area contributed by atoms with Crippen LogP contribution in [-0.2, 0) is 10.2 Å². The van der Waals surface area contributed by atoms with Gasteiger partial charge in [0.25, 0.3) is 0 Å². The van der Waals surface area contributed by atoms with E-state index in [4.69, 9.17) is 0 Å². The van der Waals surface area contributed by atoms with Crippen LogP contribution >= 0.6 is 0 Å². The molecule has 4 heteroatoms. The van der Waals surface area contributed by atoms with Crippen LogP contribution in [0, 0.1) is 0 Å². The molecule has 0 saturated carbocycles. The van der Waals surface area contributed by atoms with Crippen molar-refractivity contribution >= 4 is 5.91 Å². The number of fused-ring (bicyclic) bond motifs is 1. The molecule has 0 spiro atoms. The van der Waals surface area contributed by atoms with Crippen LogP contribution in [0.15, 0.2) is 30.3 Å². The van der Waals surface area contributed by atoms with Crippen molar-refractivity contribution in [1.29, 1.82) is 0 Å². The Hall–Kier alpha value is -1.39. The van der Waals surface area contributed by atoms with Crippen LogP contribution in [0.25, 0.3) is 0 Å². The number of carbonyl (C=O) groups is 1. The number of benzene rings is 1. The highest BCUT2D eigenvalue weighted by Crippen LogP contribution is 2.41. The first-order valence-electron chi connectivity index (χ1n) is 10.3. The molecule has 2 atom stereocenters. The molecule has 0 aliphatic carbocycles. The van der Waals surface area contributed by atoms with Crippen molar-refractivity contribution in [1.82, 2.24) is 15.1 Å². The highest BCUT2D eigenvalue weighted by Gasteiger charge is 2.52. The summed E-state index contributed by atoms with van der Waals surface area (Å²) in [7, 11) is 0. The Morgan fingerprint density at radius 1 is 1.15 bits per heavy atom.